The summed E-state index contributed by atoms with van der Waals surface area (Å²) in [7, 11) is 0. The third kappa shape index (κ3) is 1.94. The van der Waals surface area contributed by atoms with Gasteiger partial charge in [-0.05, 0) is 44.7 Å². The van der Waals surface area contributed by atoms with Gasteiger partial charge in [0, 0.05) is 12.6 Å². The molecular weight excluding hydrogens is 184 g/mol. The molecule has 2 nitrogen and oxygen atoms in total. The van der Waals surface area contributed by atoms with Gasteiger partial charge in [0.15, 0.2) is 0 Å². The van der Waals surface area contributed by atoms with Crippen molar-refractivity contribution in [3.05, 3.63) is 23.8 Å². The molecule has 1 unspecified atom stereocenters. The van der Waals surface area contributed by atoms with Crippen LogP contribution in [0.3, 0.4) is 0 Å². The third-order valence-electron chi connectivity index (χ3n) is 3.41. The van der Waals surface area contributed by atoms with Crippen LogP contribution in [0.1, 0.15) is 31.7 Å². The van der Waals surface area contributed by atoms with Crippen molar-refractivity contribution in [2.75, 3.05) is 17.2 Å². The predicted octanol–water partition coefficient (Wildman–Crippen LogP) is 2.96. The van der Waals surface area contributed by atoms with Crippen molar-refractivity contribution in [3.63, 3.8) is 0 Å². The maximum Gasteiger partial charge on any atom is 0.0605 e. The summed E-state index contributed by atoms with van der Waals surface area (Å²) in [5.41, 5.74) is 9.49. The SMILES string of the molecule is Cc1cccc(N2CCCCC2C)c1N. The Morgan fingerprint density at radius 3 is 2.87 bits per heavy atom. The summed E-state index contributed by atoms with van der Waals surface area (Å²) in [5.74, 6) is 0. The van der Waals surface area contributed by atoms with E-state index in [0.717, 1.165) is 12.2 Å². The molecule has 2 N–H and O–H groups in total. The molecule has 1 fully saturated rings. The molecule has 0 radical (unpaired) electrons. The average molecular weight is 204 g/mol. The molecule has 0 aromatic heterocycles. The minimum Gasteiger partial charge on any atom is -0.397 e. The van der Waals surface area contributed by atoms with Gasteiger partial charge in [0.2, 0.25) is 0 Å². The largest absolute Gasteiger partial charge is 0.397 e. The lowest BCUT2D eigenvalue weighted by Gasteiger charge is -2.36. The monoisotopic (exact) mass is 204 g/mol. The Kier molecular flexibility index (Phi) is 2.85. The molecule has 0 amide bonds. The van der Waals surface area contributed by atoms with E-state index >= 15 is 0 Å². The quantitative estimate of drug-likeness (QED) is 0.713. The molecule has 1 aromatic rings. The highest BCUT2D eigenvalue weighted by molar-refractivity contribution is 5.71. The van der Waals surface area contributed by atoms with Crippen LogP contribution in [0.15, 0.2) is 18.2 Å². The van der Waals surface area contributed by atoms with Gasteiger partial charge in [-0.3, -0.25) is 0 Å². The lowest BCUT2D eigenvalue weighted by molar-refractivity contribution is 0.485. The van der Waals surface area contributed by atoms with E-state index in [1.165, 1.54) is 30.5 Å². The first-order valence-corrected chi connectivity index (χ1v) is 5.82. The van der Waals surface area contributed by atoms with Crippen LogP contribution >= 0.6 is 0 Å². The van der Waals surface area contributed by atoms with Crippen molar-refractivity contribution in [2.24, 2.45) is 0 Å². The van der Waals surface area contributed by atoms with E-state index in [9.17, 15) is 0 Å². The van der Waals surface area contributed by atoms with E-state index < -0.39 is 0 Å². The molecule has 2 heteroatoms. The van der Waals surface area contributed by atoms with Gasteiger partial charge in [0.05, 0.1) is 11.4 Å². The minimum atomic E-state index is 0.628. The highest BCUT2D eigenvalue weighted by Crippen LogP contribution is 2.31. The first-order valence-electron chi connectivity index (χ1n) is 5.82. The van der Waals surface area contributed by atoms with Gasteiger partial charge in [-0.15, -0.1) is 0 Å². The van der Waals surface area contributed by atoms with Crippen molar-refractivity contribution in [1.29, 1.82) is 0 Å². The van der Waals surface area contributed by atoms with Gasteiger partial charge < -0.3 is 10.6 Å². The zero-order chi connectivity index (χ0) is 10.8. The Morgan fingerprint density at radius 2 is 2.13 bits per heavy atom. The van der Waals surface area contributed by atoms with E-state index in [-0.39, 0.29) is 0 Å². The van der Waals surface area contributed by atoms with E-state index in [0.29, 0.717) is 6.04 Å². The third-order valence-corrected chi connectivity index (χ3v) is 3.41. The molecule has 2 rings (SSSR count). The van der Waals surface area contributed by atoms with Crippen LogP contribution in [-0.2, 0) is 0 Å². The topological polar surface area (TPSA) is 29.3 Å². The summed E-state index contributed by atoms with van der Waals surface area (Å²) in [6.45, 7) is 5.52. The van der Waals surface area contributed by atoms with Gasteiger partial charge in [0.25, 0.3) is 0 Å². The fraction of sp³-hybridized carbons (Fsp3) is 0.538. The van der Waals surface area contributed by atoms with Crippen LogP contribution in [0.5, 0.6) is 0 Å². The summed E-state index contributed by atoms with van der Waals surface area (Å²) < 4.78 is 0. The number of hydrogen-bond donors (Lipinski definition) is 1. The maximum atomic E-state index is 6.13. The highest BCUT2D eigenvalue weighted by atomic mass is 15.2. The number of hydrogen-bond acceptors (Lipinski definition) is 2. The highest BCUT2D eigenvalue weighted by Gasteiger charge is 2.20. The minimum absolute atomic E-state index is 0.628. The van der Waals surface area contributed by atoms with E-state index in [1.807, 2.05) is 0 Å². The van der Waals surface area contributed by atoms with Gasteiger partial charge in [0.1, 0.15) is 0 Å². The molecule has 1 aromatic carbocycles. The van der Waals surface area contributed by atoms with Crippen molar-refractivity contribution in [1.82, 2.24) is 0 Å². The normalized spacial score (nSPS) is 21.7. The Hall–Kier alpha value is -1.18. The number of para-hydroxylation sites is 1. The number of benzene rings is 1. The fourth-order valence-corrected chi connectivity index (χ4v) is 2.37. The maximum absolute atomic E-state index is 6.13. The zero-order valence-electron chi connectivity index (χ0n) is 9.66. The molecule has 82 valence electrons. The number of nitrogens with two attached hydrogens (primary N) is 1. The lowest BCUT2D eigenvalue weighted by Crippen LogP contribution is -2.37. The molecule has 1 aliphatic rings. The molecule has 1 atom stereocenters. The summed E-state index contributed by atoms with van der Waals surface area (Å²) in [4.78, 5) is 2.45. The number of rotatable bonds is 1. The van der Waals surface area contributed by atoms with E-state index in [1.54, 1.807) is 0 Å². The first-order chi connectivity index (χ1) is 7.20. The van der Waals surface area contributed by atoms with Gasteiger partial charge in [-0.1, -0.05) is 12.1 Å². The summed E-state index contributed by atoms with van der Waals surface area (Å²) in [6, 6.07) is 6.95. The molecule has 1 heterocycles. The van der Waals surface area contributed by atoms with Gasteiger partial charge in [-0.2, -0.15) is 0 Å². The van der Waals surface area contributed by atoms with Crippen LogP contribution in [0.25, 0.3) is 0 Å². The van der Waals surface area contributed by atoms with Crippen molar-refractivity contribution in [3.8, 4) is 0 Å². The van der Waals surface area contributed by atoms with Crippen LogP contribution in [-0.4, -0.2) is 12.6 Å². The first kappa shape index (κ1) is 10.3. The molecule has 1 saturated heterocycles. The Balaban J connectivity index is 2.31. The number of piperidine rings is 1. The number of anilines is 2. The Morgan fingerprint density at radius 1 is 1.33 bits per heavy atom. The second kappa shape index (κ2) is 4.13. The van der Waals surface area contributed by atoms with Crippen molar-refractivity contribution >= 4 is 11.4 Å². The summed E-state index contributed by atoms with van der Waals surface area (Å²) in [5, 5.41) is 0. The van der Waals surface area contributed by atoms with E-state index in [2.05, 4.69) is 36.9 Å². The van der Waals surface area contributed by atoms with Crippen molar-refractivity contribution < 1.29 is 0 Å². The lowest BCUT2D eigenvalue weighted by atomic mass is 10.0. The Bertz CT molecular complexity index is 346. The van der Waals surface area contributed by atoms with Crippen molar-refractivity contribution in [2.45, 2.75) is 39.2 Å². The standard InChI is InChI=1S/C13H20N2/c1-10-6-5-8-12(13(10)14)15-9-4-3-7-11(15)2/h5-6,8,11H,3-4,7,9,14H2,1-2H3. The zero-order valence-corrected chi connectivity index (χ0v) is 9.66. The molecule has 0 saturated carbocycles. The second-order valence-corrected chi connectivity index (χ2v) is 4.55. The second-order valence-electron chi connectivity index (χ2n) is 4.55. The average Bonchev–Trinajstić information content (AvgIpc) is 2.23. The van der Waals surface area contributed by atoms with Crippen LogP contribution in [0.4, 0.5) is 11.4 Å². The molecule has 1 aliphatic heterocycles. The predicted molar refractivity (Wildman–Crippen MR) is 66.3 cm³/mol. The van der Waals surface area contributed by atoms with E-state index in [4.69, 9.17) is 5.73 Å². The number of nitrogens with zero attached hydrogens (tertiary/aromatic N) is 1. The Labute approximate surface area is 92.1 Å². The van der Waals surface area contributed by atoms with Crippen LogP contribution in [0.2, 0.25) is 0 Å². The summed E-state index contributed by atoms with van der Waals surface area (Å²) in [6.07, 6.45) is 3.93. The molecule has 0 bridgehead atoms. The molecule has 0 aliphatic carbocycles. The smallest absolute Gasteiger partial charge is 0.0605 e. The van der Waals surface area contributed by atoms with Crippen LogP contribution < -0.4 is 10.6 Å². The summed E-state index contributed by atoms with van der Waals surface area (Å²) >= 11 is 0. The fourth-order valence-electron chi connectivity index (χ4n) is 2.37. The molecular formula is C13H20N2. The molecule has 15 heavy (non-hydrogen) atoms. The van der Waals surface area contributed by atoms with Gasteiger partial charge in [-0.25, -0.2) is 0 Å². The number of nitrogen functional groups attached to an aromatic ring is 1. The van der Waals surface area contributed by atoms with Crippen LogP contribution in [0, 0.1) is 6.92 Å². The van der Waals surface area contributed by atoms with Gasteiger partial charge >= 0.3 is 0 Å². The number of aryl methyl sites for hydroxylation is 1. The molecule has 0 spiro atoms.